The molecule has 0 saturated heterocycles. The lowest BCUT2D eigenvalue weighted by molar-refractivity contribution is -0.598. The smallest absolute Gasteiger partial charge is 0.372 e. The number of sulfonamides is 1. The Morgan fingerprint density at radius 2 is 1.43 bits per heavy atom. The highest BCUT2D eigenvalue weighted by Gasteiger charge is 2.24. The van der Waals surface area contributed by atoms with Crippen molar-refractivity contribution in [1.29, 1.82) is 0 Å². The highest BCUT2D eigenvalue weighted by Crippen LogP contribution is 2.21. The van der Waals surface area contributed by atoms with Gasteiger partial charge in [-0.25, -0.2) is 18.0 Å². The van der Waals surface area contributed by atoms with Crippen molar-refractivity contribution in [1.82, 2.24) is 9.97 Å². The monoisotopic (exact) mass is 432 g/mol. The molecule has 9 heteroatoms. The predicted octanol–water partition coefficient (Wildman–Crippen LogP) is 0.365. The van der Waals surface area contributed by atoms with Crippen molar-refractivity contribution in [2.24, 2.45) is 0 Å². The second-order valence-electron chi connectivity index (χ2n) is 5.73. The van der Waals surface area contributed by atoms with E-state index < -0.39 is 10.0 Å². The van der Waals surface area contributed by atoms with Crippen molar-refractivity contribution in [2.45, 2.75) is 4.90 Å². The van der Waals surface area contributed by atoms with Crippen molar-refractivity contribution in [2.75, 3.05) is 4.72 Å². The molecule has 2 aromatic heterocycles. The molecule has 142 valence electrons. The maximum Gasteiger partial charge on any atom is 0.372 e. The van der Waals surface area contributed by atoms with Crippen LogP contribution in [0.5, 0.6) is 0 Å². The molecule has 0 atom stereocenters. The third-order valence-electron chi connectivity index (χ3n) is 3.87. The van der Waals surface area contributed by atoms with E-state index in [9.17, 15) is 8.42 Å². The molecule has 1 N–H and O–H groups in total. The van der Waals surface area contributed by atoms with E-state index in [0.717, 1.165) is 0 Å². The summed E-state index contributed by atoms with van der Waals surface area (Å²) in [4.78, 5) is 9.16. The molecule has 0 aliphatic heterocycles. The average molecular weight is 433 g/mol. The van der Waals surface area contributed by atoms with E-state index >= 15 is 0 Å². The number of pyridine rings is 1. The van der Waals surface area contributed by atoms with E-state index in [1.807, 2.05) is 36.4 Å². The SMILES string of the molecule is O=S(=O)(Nc1nc2ccccc2nc1-[n+]1ccccc1)c1ccc(Cl)cc1.[Cl-]. The van der Waals surface area contributed by atoms with Gasteiger partial charge in [-0.3, -0.25) is 4.72 Å². The highest BCUT2D eigenvalue weighted by atomic mass is 35.5. The lowest BCUT2D eigenvalue weighted by atomic mass is 10.3. The summed E-state index contributed by atoms with van der Waals surface area (Å²) in [5, 5.41) is 0.458. The van der Waals surface area contributed by atoms with Crippen LogP contribution >= 0.6 is 11.6 Å². The van der Waals surface area contributed by atoms with Crippen molar-refractivity contribution in [3.05, 3.63) is 84.1 Å². The Bertz CT molecular complexity index is 1220. The van der Waals surface area contributed by atoms with Gasteiger partial charge in [-0.2, -0.15) is 0 Å². The van der Waals surface area contributed by atoms with Crippen molar-refractivity contribution in [3.8, 4) is 5.82 Å². The molecule has 2 heterocycles. The quantitative estimate of drug-likeness (QED) is 0.472. The van der Waals surface area contributed by atoms with Gasteiger partial charge in [-0.1, -0.05) is 29.8 Å². The minimum absolute atomic E-state index is 0. The van der Waals surface area contributed by atoms with Crippen LogP contribution in [0.15, 0.2) is 84.0 Å². The predicted molar refractivity (Wildman–Crippen MR) is 103 cm³/mol. The number of nitrogens with zero attached hydrogens (tertiary/aromatic N) is 3. The van der Waals surface area contributed by atoms with E-state index in [4.69, 9.17) is 11.6 Å². The molecule has 0 aliphatic carbocycles. The standard InChI is InChI=1S/C19H14ClN4O2S.ClH/c20-14-8-10-15(11-9-14)27(25,26)23-18-19(24-12-4-1-5-13-24)22-17-7-3-2-6-16(17)21-18;/h1-13H,(H,21,23);1H/q+1;/p-1. The Hall–Kier alpha value is -2.74. The van der Waals surface area contributed by atoms with Crippen molar-refractivity contribution < 1.29 is 25.4 Å². The van der Waals surface area contributed by atoms with Crippen molar-refractivity contribution >= 4 is 38.5 Å². The molecule has 4 rings (SSSR count). The number of nitrogens with one attached hydrogen (secondary N) is 1. The van der Waals surface area contributed by atoms with Crippen LogP contribution in [0.2, 0.25) is 5.02 Å². The fraction of sp³-hybridized carbons (Fsp3) is 0. The summed E-state index contributed by atoms with van der Waals surface area (Å²) in [5.41, 5.74) is 1.25. The van der Waals surface area contributed by atoms with Crippen molar-refractivity contribution in [3.63, 3.8) is 0 Å². The number of benzene rings is 2. The summed E-state index contributed by atoms with van der Waals surface area (Å²) in [6.07, 6.45) is 3.55. The third kappa shape index (κ3) is 4.06. The van der Waals surface area contributed by atoms with E-state index in [-0.39, 0.29) is 23.1 Å². The van der Waals surface area contributed by atoms with Crippen LogP contribution in [0, 0.1) is 0 Å². The summed E-state index contributed by atoms with van der Waals surface area (Å²) >= 11 is 5.85. The molecule has 0 bridgehead atoms. The fourth-order valence-corrected chi connectivity index (χ4v) is 3.71. The molecule has 0 radical (unpaired) electrons. The Balaban J connectivity index is 0.00000225. The zero-order valence-electron chi connectivity index (χ0n) is 14.3. The normalized spacial score (nSPS) is 11.0. The van der Waals surface area contributed by atoms with Gasteiger partial charge in [0.15, 0.2) is 0 Å². The van der Waals surface area contributed by atoms with E-state index in [1.54, 1.807) is 23.0 Å². The van der Waals surface area contributed by atoms with E-state index in [0.29, 0.717) is 21.9 Å². The number of hydrogen-bond donors (Lipinski definition) is 1. The molecule has 4 aromatic rings. The number of anilines is 1. The second-order valence-corrected chi connectivity index (χ2v) is 7.85. The molecular formula is C19H14Cl2N4O2S. The number of fused-ring (bicyclic) bond motifs is 1. The van der Waals surface area contributed by atoms with Gasteiger partial charge in [0, 0.05) is 5.02 Å². The highest BCUT2D eigenvalue weighted by molar-refractivity contribution is 7.92. The second kappa shape index (κ2) is 8.10. The van der Waals surface area contributed by atoms with Crippen LogP contribution in [0.25, 0.3) is 16.9 Å². The van der Waals surface area contributed by atoms with Crippen LogP contribution in [0.4, 0.5) is 5.82 Å². The Morgan fingerprint density at radius 3 is 2.07 bits per heavy atom. The third-order valence-corrected chi connectivity index (χ3v) is 5.47. The van der Waals surface area contributed by atoms with Crippen LogP contribution in [-0.4, -0.2) is 18.4 Å². The minimum Gasteiger partial charge on any atom is -1.00 e. The molecule has 2 aromatic carbocycles. The van der Waals surface area contributed by atoms with Crippen LogP contribution in [-0.2, 0) is 10.0 Å². The van der Waals surface area contributed by atoms with Gasteiger partial charge in [0.05, 0.1) is 17.3 Å². The number of aromatic nitrogens is 3. The van der Waals surface area contributed by atoms with Crippen LogP contribution in [0.3, 0.4) is 0 Å². The van der Waals surface area contributed by atoms with Crippen LogP contribution in [0.1, 0.15) is 0 Å². The first kappa shape index (κ1) is 20.0. The summed E-state index contributed by atoms with van der Waals surface area (Å²) in [5.74, 6) is 0.520. The Kier molecular flexibility index (Phi) is 5.79. The lowest BCUT2D eigenvalue weighted by Gasteiger charge is -2.09. The number of para-hydroxylation sites is 2. The average Bonchev–Trinajstić information content (AvgIpc) is 2.68. The maximum atomic E-state index is 12.8. The van der Waals surface area contributed by atoms with Gasteiger partial charge in [-0.05, 0) is 53.5 Å². The van der Waals surface area contributed by atoms with Crippen LogP contribution < -0.4 is 21.7 Å². The summed E-state index contributed by atoms with van der Waals surface area (Å²) in [6.45, 7) is 0. The fourth-order valence-electron chi connectivity index (χ4n) is 2.58. The molecule has 6 nitrogen and oxygen atoms in total. The first-order valence-corrected chi connectivity index (χ1v) is 9.91. The van der Waals surface area contributed by atoms with Gasteiger partial charge in [0.1, 0.15) is 5.52 Å². The van der Waals surface area contributed by atoms with Gasteiger partial charge in [0.25, 0.3) is 10.0 Å². The van der Waals surface area contributed by atoms with E-state index in [1.165, 1.54) is 24.3 Å². The first-order chi connectivity index (χ1) is 13.0. The number of halogens is 2. The number of rotatable bonds is 4. The Labute approximate surface area is 173 Å². The zero-order valence-corrected chi connectivity index (χ0v) is 16.7. The minimum atomic E-state index is -3.85. The largest absolute Gasteiger partial charge is 1.00 e. The molecular weight excluding hydrogens is 419 g/mol. The first-order valence-electron chi connectivity index (χ1n) is 8.05. The molecule has 0 unspecified atom stereocenters. The molecule has 0 fully saturated rings. The topological polar surface area (TPSA) is 75.8 Å². The Morgan fingerprint density at radius 1 is 0.821 bits per heavy atom. The van der Waals surface area contributed by atoms with E-state index in [2.05, 4.69) is 14.7 Å². The maximum absolute atomic E-state index is 12.8. The van der Waals surface area contributed by atoms with Gasteiger partial charge in [0.2, 0.25) is 11.3 Å². The molecule has 0 spiro atoms. The molecule has 0 saturated carbocycles. The van der Waals surface area contributed by atoms with Gasteiger partial charge < -0.3 is 12.4 Å². The summed E-state index contributed by atoms with van der Waals surface area (Å²) in [6, 6.07) is 18.7. The molecule has 0 aliphatic rings. The zero-order chi connectivity index (χ0) is 18.9. The lowest BCUT2D eigenvalue weighted by Crippen LogP contribution is -3.00. The summed E-state index contributed by atoms with van der Waals surface area (Å²) in [7, 11) is -3.85. The summed E-state index contributed by atoms with van der Waals surface area (Å²) < 4.78 is 29.9. The molecule has 28 heavy (non-hydrogen) atoms. The molecule has 0 amide bonds. The van der Waals surface area contributed by atoms with Gasteiger partial charge >= 0.3 is 5.82 Å². The van der Waals surface area contributed by atoms with Gasteiger partial charge in [-0.15, -0.1) is 0 Å². The number of hydrogen-bond acceptors (Lipinski definition) is 4.